The smallest absolute Gasteiger partial charge is 0.119 e. The van der Waals surface area contributed by atoms with Gasteiger partial charge in [-0.3, -0.25) is 0 Å². The summed E-state index contributed by atoms with van der Waals surface area (Å²) in [5, 5.41) is 0. The third-order valence-electron chi connectivity index (χ3n) is 4.09. The van der Waals surface area contributed by atoms with Crippen LogP contribution < -0.4 is 4.74 Å². The first-order valence-electron chi connectivity index (χ1n) is 7.08. The molecule has 0 spiro atoms. The number of nitrogens with zero attached hydrogens (tertiary/aromatic N) is 1. The molecule has 2 atom stereocenters. The van der Waals surface area contributed by atoms with Gasteiger partial charge in [-0.1, -0.05) is 32.1 Å². The molecule has 0 fully saturated rings. The molecule has 0 bridgehead atoms. The van der Waals surface area contributed by atoms with Gasteiger partial charge >= 0.3 is 0 Å². The van der Waals surface area contributed by atoms with E-state index in [4.69, 9.17) is 4.74 Å². The Morgan fingerprint density at radius 1 is 1.37 bits per heavy atom. The highest BCUT2D eigenvalue weighted by molar-refractivity contribution is 5.38. The van der Waals surface area contributed by atoms with Crippen LogP contribution in [-0.2, 0) is 5.41 Å². The van der Waals surface area contributed by atoms with Crippen LogP contribution in [0, 0.1) is 5.92 Å². The van der Waals surface area contributed by atoms with Crippen molar-refractivity contribution in [3.05, 3.63) is 42.1 Å². The van der Waals surface area contributed by atoms with Crippen molar-refractivity contribution in [2.75, 3.05) is 13.6 Å². The number of benzene rings is 1. The number of hydrogen-bond acceptors (Lipinski definition) is 2. The highest BCUT2D eigenvalue weighted by Crippen LogP contribution is 2.38. The zero-order valence-electron chi connectivity index (χ0n) is 12.7. The summed E-state index contributed by atoms with van der Waals surface area (Å²) < 4.78 is 5.81. The van der Waals surface area contributed by atoms with Crippen LogP contribution in [0.4, 0.5) is 0 Å². The van der Waals surface area contributed by atoms with Crippen LogP contribution in [0.5, 0.6) is 5.75 Å². The standard InChI is InChI=1S/C17H25NO/c1-13(2)19-16-8-6-7-15(11-16)17(4)9-10-18(5)12-14(17)3/h6-11,13-14H,12H2,1-5H3/t14-,17+/m0/s1. The molecule has 2 heteroatoms. The molecule has 0 aromatic heterocycles. The van der Waals surface area contributed by atoms with Gasteiger partial charge in [0.15, 0.2) is 0 Å². The molecule has 1 aromatic rings. The summed E-state index contributed by atoms with van der Waals surface area (Å²) >= 11 is 0. The molecule has 0 radical (unpaired) electrons. The first kappa shape index (κ1) is 14.0. The second-order valence-electron chi connectivity index (χ2n) is 6.13. The number of hydrogen-bond donors (Lipinski definition) is 0. The molecule has 0 N–H and O–H groups in total. The molecule has 2 nitrogen and oxygen atoms in total. The van der Waals surface area contributed by atoms with Crippen molar-refractivity contribution in [1.82, 2.24) is 4.90 Å². The van der Waals surface area contributed by atoms with E-state index in [-0.39, 0.29) is 11.5 Å². The first-order valence-corrected chi connectivity index (χ1v) is 7.08. The van der Waals surface area contributed by atoms with Crippen LogP contribution in [0.15, 0.2) is 36.5 Å². The zero-order chi connectivity index (χ0) is 14.0. The molecule has 104 valence electrons. The zero-order valence-corrected chi connectivity index (χ0v) is 12.7. The van der Waals surface area contributed by atoms with E-state index in [1.165, 1.54) is 5.56 Å². The maximum atomic E-state index is 5.81. The SMILES string of the molecule is CC(C)Oc1cccc([C@]2(C)C=CN(C)C[C@@H]2C)c1. The van der Waals surface area contributed by atoms with Crippen LogP contribution in [0.2, 0.25) is 0 Å². The second kappa shape index (κ2) is 5.28. The maximum absolute atomic E-state index is 5.81. The largest absolute Gasteiger partial charge is 0.491 e. The van der Waals surface area contributed by atoms with E-state index in [0.717, 1.165) is 12.3 Å². The highest BCUT2D eigenvalue weighted by Gasteiger charge is 2.33. The van der Waals surface area contributed by atoms with Gasteiger partial charge in [0.1, 0.15) is 5.75 Å². The Kier molecular flexibility index (Phi) is 3.88. The van der Waals surface area contributed by atoms with Gasteiger partial charge in [0.05, 0.1) is 6.10 Å². The van der Waals surface area contributed by atoms with Crippen molar-refractivity contribution in [3.8, 4) is 5.75 Å². The third-order valence-corrected chi connectivity index (χ3v) is 4.09. The minimum Gasteiger partial charge on any atom is -0.491 e. The highest BCUT2D eigenvalue weighted by atomic mass is 16.5. The predicted molar refractivity (Wildman–Crippen MR) is 80.5 cm³/mol. The third kappa shape index (κ3) is 2.94. The van der Waals surface area contributed by atoms with Crippen LogP contribution >= 0.6 is 0 Å². The fourth-order valence-electron chi connectivity index (χ4n) is 2.69. The lowest BCUT2D eigenvalue weighted by Gasteiger charge is -2.40. The van der Waals surface area contributed by atoms with E-state index in [9.17, 15) is 0 Å². The minimum atomic E-state index is 0.0862. The normalized spacial score (nSPS) is 26.8. The molecule has 0 saturated carbocycles. The van der Waals surface area contributed by atoms with Crippen LogP contribution in [0.3, 0.4) is 0 Å². The van der Waals surface area contributed by atoms with Gasteiger partial charge in [-0.05, 0) is 43.7 Å². The molecule has 1 aliphatic heterocycles. The summed E-state index contributed by atoms with van der Waals surface area (Å²) in [4.78, 5) is 2.25. The molecule has 1 aromatic carbocycles. The fourth-order valence-corrected chi connectivity index (χ4v) is 2.69. The van der Waals surface area contributed by atoms with Crippen molar-refractivity contribution in [2.45, 2.75) is 39.2 Å². The minimum absolute atomic E-state index is 0.0862. The van der Waals surface area contributed by atoms with E-state index in [1.54, 1.807) is 0 Å². The molecule has 2 rings (SSSR count). The van der Waals surface area contributed by atoms with Gasteiger partial charge in [-0.25, -0.2) is 0 Å². The molecule has 1 heterocycles. The molecule has 0 amide bonds. The topological polar surface area (TPSA) is 12.5 Å². The van der Waals surface area contributed by atoms with Crippen LogP contribution in [-0.4, -0.2) is 24.6 Å². The Bertz CT molecular complexity index is 466. The molecule has 1 aliphatic rings. The van der Waals surface area contributed by atoms with Crippen molar-refractivity contribution in [2.24, 2.45) is 5.92 Å². The Morgan fingerprint density at radius 3 is 2.74 bits per heavy atom. The van der Waals surface area contributed by atoms with Crippen molar-refractivity contribution in [1.29, 1.82) is 0 Å². The van der Waals surface area contributed by atoms with Gasteiger partial charge in [0.25, 0.3) is 0 Å². The fraction of sp³-hybridized carbons (Fsp3) is 0.529. The summed E-state index contributed by atoms with van der Waals surface area (Å²) in [5.41, 5.74) is 1.42. The lowest BCUT2D eigenvalue weighted by Crippen LogP contribution is -2.39. The lowest BCUT2D eigenvalue weighted by molar-refractivity contribution is 0.239. The molecule has 19 heavy (non-hydrogen) atoms. The summed E-state index contributed by atoms with van der Waals surface area (Å²) in [7, 11) is 2.13. The van der Waals surface area contributed by atoms with Gasteiger partial charge in [0, 0.05) is 19.0 Å². The number of allylic oxidation sites excluding steroid dienone is 1. The van der Waals surface area contributed by atoms with Gasteiger partial charge < -0.3 is 9.64 Å². The monoisotopic (exact) mass is 259 g/mol. The Hall–Kier alpha value is -1.44. The number of rotatable bonds is 3. The van der Waals surface area contributed by atoms with Crippen LogP contribution in [0.25, 0.3) is 0 Å². The van der Waals surface area contributed by atoms with Gasteiger partial charge in [-0.2, -0.15) is 0 Å². The first-order chi connectivity index (χ1) is 8.91. The summed E-state index contributed by atoms with van der Waals surface area (Å²) in [5.74, 6) is 1.55. The summed E-state index contributed by atoms with van der Waals surface area (Å²) in [6.45, 7) is 9.84. The Balaban J connectivity index is 2.32. The lowest BCUT2D eigenvalue weighted by atomic mass is 9.71. The van der Waals surface area contributed by atoms with Gasteiger partial charge in [0.2, 0.25) is 0 Å². The van der Waals surface area contributed by atoms with Gasteiger partial charge in [-0.15, -0.1) is 0 Å². The summed E-state index contributed by atoms with van der Waals surface area (Å²) in [6, 6.07) is 8.53. The average molecular weight is 259 g/mol. The molecular formula is C17H25NO. The van der Waals surface area contributed by atoms with E-state index >= 15 is 0 Å². The number of ether oxygens (including phenoxy) is 1. The predicted octanol–water partition coefficient (Wildman–Crippen LogP) is 3.83. The van der Waals surface area contributed by atoms with Crippen LogP contribution in [0.1, 0.15) is 33.3 Å². The maximum Gasteiger partial charge on any atom is 0.119 e. The average Bonchev–Trinajstić information content (AvgIpc) is 2.34. The molecule has 0 unspecified atom stereocenters. The van der Waals surface area contributed by atoms with E-state index < -0.39 is 0 Å². The van der Waals surface area contributed by atoms with Crippen molar-refractivity contribution in [3.63, 3.8) is 0 Å². The van der Waals surface area contributed by atoms with Crippen molar-refractivity contribution >= 4 is 0 Å². The van der Waals surface area contributed by atoms with E-state index in [1.807, 2.05) is 6.07 Å². The second-order valence-corrected chi connectivity index (χ2v) is 6.13. The molecular weight excluding hydrogens is 234 g/mol. The summed E-state index contributed by atoms with van der Waals surface area (Å²) in [6.07, 6.45) is 4.72. The quantitative estimate of drug-likeness (QED) is 0.818. The van der Waals surface area contributed by atoms with E-state index in [0.29, 0.717) is 5.92 Å². The van der Waals surface area contributed by atoms with Crippen molar-refractivity contribution < 1.29 is 4.74 Å². The van der Waals surface area contributed by atoms with E-state index in [2.05, 4.69) is 70.1 Å². The molecule has 0 aliphatic carbocycles. The Morgan fingerprint density at radius 2 is 2.11 bits per heavy atom. The molecule has 0 saturated heterocycles. The Labute approximate surface area is 117 Å².